The second-order valence-corrected chi connectivity index (χ2v) is 10.9. The molecule has 5 aromatic rings. The largest absolute Gasteiger partial charge is 0.392 e. The number of methoxy groups -OCH3 is 1. The van der Waals surface area contributed by atoms with Crippen LogP contribution in [0.25, 0.3) is 22.5 Å². The summed E-state index contributed by atoms with van der Waals surface area (Å²) >= 11 is 0. The van der Waals surface area contributed by atoms with Gasteiger partial charge in [-0.2, -0.15) is 0 Å². The number of rotatable bonds is 7. The van der Waals surface area contributed by atoms with E-state index >= 15 is 0 Å². The van der Waals surface area contributed by atoms with E-state index in [2.05, 4.69) is 20.2 Å². The van der Waals surface area contributed by atoms with E-state index in [1.807, 2.05) is 28.8 Å². The van der Waals surface area contributed by atoms with Crippen LogP contribution in [0.3, 0.4) is 0 Å². The minimum Gasteiger partial charge on any atom is -0.392 e. The fourth-order valence-corrected chi connectivity index (χ4v) is 6.04. The first kappa shape index (κ1) is 26.2. The first-order valence-electron chi connectivity index (χ1n) is 14.0. The number of fused-ring (bicyclic) bond motifs is 3. The summed E-state index contributed by atoms with van der Waals surface area (Å²) in [6.07, 6.45) is 12.0. The van der Waals surface area contributed by atoms with Crippen LogP contribution in [0.1, 0.15) is 23.2 Å². The molecule has 0 aromatic carbocycles. The summed E-state index contributed by atoms with van der Waals surface area (Å²) in [5.41, 5.74) is 5.74. The summed E-state index contributed by atoms with van der Waals surface area (Å²) in [5, 5.41) is 13.7. The maximum atomic E-state index is 13.6. The average molecular weight is 566 g/mol. The number of nitrogens with zero attached hydrogens (tertiary/aromatic N) is 6. The van der Waals surface area contributed by atoms with Crippen LogP contribution in [-0.4, -0.2) is 54.9 Å². The molecule has 0 bridgehead atoms. The molecule has 42 heavy (non-hydrogen) atoms. The van der Waals surface area contributed by atoms with Crippen molar-refractivity contribution in [3.05, 3.63) is 98.8 Å². The van der Waals surface area contributed by atoms with E-state index < -0.39 is 0 Å². The van der Waals surface area contributed by atoms with Gasteiger partial charge in [-0.3, -0.25) is 14.2 Å². The molecule has 2 aliphatic rings. The van der Waals surface area contributed by atoms with Gasteiger partial charge in [0.05, 0.1) is 24.6 Å². The molecule has 0 saturated carbocycles. The number of anilines is 3. The Morgan fingerprint density at radius 2 is 1.93 bits per heavy atom. The van der Waals surface area contributed by atoms with E-state index in [1.165, 1.54) is 20.4 Å². The molecule has 0 spiro atoms. The Bertz CT molecular complexity index is 1930. The normalized spacial score (nSPS) is 14.8. The van der Waals surface area contributed by atoms with Crippen molar-refractivity contribution in [2.75, 3.05) is 30.4 Å². The molecule has 1 aliphatic heterocycles. The van der Waals surface area contributed by atoms with Crippen molar-refractivity contribution in [1.29, 1.82) is 0 Å². The van der Waals surface area contributed by atoms with Crippen LogP contribution in [0, 0.1) is 0 Å². The van der Waals surface area contributed by atoms with Crippen LogP contribution in [0.4, 0.5) is 17.2 Å². The highest BCUT2D eigenvalue weighted by atomic mass is 16.5. The fraction of sp³-hybridized carbons (Fsp3) is 0.290. The third kappa shape index (κ3) is 4.29. The summed E-state index contributed by atoms with van der Waals surface area (Å²) in [5.74, 6) is 0.889. The van der Waals surface area contributed by atoms with Crippen molar-refractivity contribution in [2.45, 2.75) is 32.0 Å². The van der Waals surface area contributed by atoms with Crippen molar-refractivity contribution >= 4 is 22.7 Å². The van der Waals surface area contributed by atoms with Gasteiger partial charge < -0.3 is 29.0 Å². The fourth-order valence-electron chi connectivity index (χ4n) is 6.04. The van der Waals surface area contributed by atoms with Crippen LogP contribution >= 0.6 is 0 Å². The molecule has 2 N–H and O–H groups in total. The summed E-state index contributed by atoms with van der Waals surface area (Å²) in [6, 6.07) is 9.28. The van der Waals surface area contributed by atoms with Gasteiger partial charge in [-0.05, 0) is 60.7 Å². The number of nitrogens with one attached hydrogen (secondary N) is 1. The van der Waals surface area contributed by atoms with Crippen LogP contribution in [0.15, 0.2) is 70.9 Å². The number of aromatic nitrogens is 5. The van der Waals surface area contributed by atoms with Crippen molar-refractivity contribution in [3.8, 4) is 16.9 Å². The van der Waals surface area contributed by atoms with Gasteiger partial charge >= 0.3 is 0 Å². The summed E-state index contributed by atoms with van der Waals surface area (Å²) < 4.78 is 10.3. The Labute approximate surface area is 241 Å². The molecule has 1 aliphatic carbocycles. The highest BCUT2D eigenvalue weighted by Crippen LogP contribution is 2.30. The lowest BCUT2D eigenvalue weighted by molar-refractivity contribution is 0.0787. The molecule has 7 rings (SSSR count). The minimum absolute atomic E-state index is 0.195. The zero-order valence-electron chi connectivity index (χ0n) is 23.4. The first-order chi connectivity index (χ1) is 20.4. The van der Waals surface area contributed by atoms with Gasteiger partial charge in [0, 0.05) is 68.9 Å². The lowest BCUT2D eigenvalue weighted by Gasteiger charge is -2.39. The van der Waals surface area contributed by atoms with E-state index in [-0.39, 0.29) is 23.8 Å². The lowest BCUT2D eigenvalue weighted by Crippen LogP contribution is -2.51. The molecule has 1 fully saturated rings. The minimum atomic E-state index is -0.345. The number of pyridine rings is 3. The zero-order valence-corrected chi connectivity index (χ0v) is 23.4. The van der Waals surface area contributed by atoms with Crippen LogP contribution in [-0.2, 0) is 31.2 Å². The molecule has 11 heteroatoms. The van der Waals surface area contributed by atoms with Gasteiger partial charge in [0.15, 0.2) is 0 Å². The molecule has 0 unspecified atom stereocenters. The van der Waals surface area contributed by atoms with Crippen molar-refractivity contribution in [1.82, 2.24) is 23.5 Å². The van der Waals surface area contributed by atoms with E-state index in [4.69, 9.17) is 4.74 Å². The molecule has 5 aromatic heterocycles. The molecule has 6 heterocycles. The smallest absolute Gasteiger partial charge is 0.280 e. The van der Waals surface area contributed by atoms with Crippen LogP contribution in [0.5, 0.6) is 0 Å². The molecule has 0 atom stereocenters. The van der Waals surface area contributed by atoms with E-state index in [9.17, 15) is 14.7 Å². The molecule has 11 nitrogen and oxygen atoms in total. The van der Waals surface area contributed by atoms with Gasteiger partial charge in [-0.1, -0.05) is 0 Å². The number of aliphatic hydroxyl groups is 1. The van der Waals surface area contributed by atoms with Crippen LogP contribution in [0.2, 0.25) is 0 Å². The third-order valence-corrected chi connectivity index (χ3v) is 8.37. The van der Waals surface area contributed by atoms with Gasteiger partial charge in [-0.15, -0.1) is 0 Å². The van der Waals surface area contributed by atoms with Crippen LogP contribution < -0.4 is 21.3 Å². The van der Waals surface area contributed by atoms with E-state index in [1.54, 1.807) is 51.1 Å². The maximum absolute atomic E-state index is 13.6. The second-order valence-electron chi connectivity index (χ2n) is 10.9. The third-order valence-electron chi connectivity index (χ3n) is 8.37. The number of hydrogen-bond acceptors (Lipinski definition) is 8. The Morgan fingerprint density at radius 3 is 2.69 bits per heavy atom. The lowest BCUT2D eigenvalue weighted by atomic mass is 10.0. The Kier molecular flexibility index (Phi) is 6.40. The SMILES string of the molecule is COC1CN(c2ccc(Nc3cc(-c4ccnc(-n5ccn6c7c(cc6c5=O)CCC7)c4CO)cn(C)c3=O)nc2)C1. The summed E-state index contributed by atoms with van der Waals surface area (Å²) in [7, 11) is 3.39. The molecular formula is C31H31N7O4. The monoisotopic (exact) mass is 565 g/mol. The topological polar surface area (TPSA) is 119 Å². The highest BCUT2D eigenvalue weighted by Gasteiger charge is 2.26. The molecule has 214 valence electrons. The van der Waals surface area contributed by atoms with Crippen molar-refractivity contribution in [2.24, 2.45) is 7.05 Å². The van der Waals surface area contributed by atoms with E-state index in [0.29, 0.717) is 39.5 Å². The zero-order chi connectivity index (χ0) is 29.0. The standard InChI is InChI=1S/C31H31N7O4/c1-35-15-20(12-25(30(35)40)34-28-7-6-21(14-33-28)36-16-22(17-36)42-2)23-8-9-32-29(24(23)18-39)38-11-10-37-26-5-3-4-19(26)13-27(37)31(38)41/h6-15,22,39H,3-5,16-18H2,1-2H3,(H,33,34). The quantitative estimate of drug-likeness (QED) is 0.309. The molecular weight excluding hydrogens is 534 g/mol. The number of ether oxygens (including phenoxy) is 1. The second kappa shape index (κ2) is 10.3. The van der Waals surface area contributed by atoms with Gasteiger partial charge in [0.25, 0.3) is 11.1 Å². The maximum Gasteiger partial charge on any atom is 0.280 e. The van der Waals surface area contributed by atoms with Crippen molar-refractivity contribution < 1.29 is 9.84 Å². The number of hydrogen-bond donors (Lipinski definition) is 2. The predicted octanol–water partition coefficient (Wildman–Crippen LogP) is 2.81. The van der Waals surface area contributed by atoms with Gasteiger partial charge in [-0.25, -0.2) is 9.97 Å². The first-order valence-corrected chi connectivity index (χ1v) is 14.0. The molecule has 0 radical (unpaired) electrons. The Morgan fingerprint density at radius 1 is 1.07 bits per heavy atom. The average Bonchev–Trinajstić information content (AvgIpc) is 3.58. The Balaban J connectivity index is 1.24. The van der Waals surface area contributed by atoms with Crippen molar-refractivity contribution in [3.63, 3.8) is 0 Å². The summed E-state index contributed by atoms with van der Waals surface area (Å²) in [4.78, 5) is 37.8. The molecule has 1 saturated heterocycles. The van der Waals surface area contributed by atoms with E-state index in [0.717, 1.165) is 38.0 Å². The predicted molar refractivity (Wildman–Crippen MR) is 160 cm³/mol. The van der Waals surface area contributed by atoms with Gasteiger partial charge in [0.2, 0.25) is 0 Å². The van der Waals surface area contributed by atoms with Gasteiger partial charge in [0.1, 0.15) is 22.8 Å². The highest BCUT2D eigenvalue weighted by molar-refractivity contribution is 5.73. The summed E-state index contributed by atoms with van der Waals surface area (Å²) in [6.45, 7) is 1.30. The number of aliphatic hydroxyl groups excluding tert-OH is 1. The number of aryl methyl sites for hydroxylation is 3. The molecule has 0 amide bonds. The Hall–Kier alpha value is -4.74.